The van der Waals surface area contributed by atoms with E-state index in [0.29, 0.717) is 5.57 Å². The van der Waals surface area contributed by atoms with Gasteiger partial charge in [0, 0.05) is 17.4 Å². The van der Waals surface area contributed by atoms with E-state index in [4.69, 9.17) is 0 Å². The zero-order valence-electron chi connectivity index (χ0n) is 12.5. The highest BCUT2D eigenvalue weighted by Gasteiger charge is 2.26. The Balaban J connectivity index is 1.74. The van der Waals surface area contributed by atoms with Crippen molar-refractivity contribution in [3.8, 4) is 6.07 Å². The number of para-hydroxylation sites is 3. The van der Waals surface area contributed by atoms with E-state index < -0.39 is 0 Å². The average molecular weight is 318 g/mol. The van der Waals surface area contributed by atoms with Gasteiger partial charge >= 0.3 is 0 Å². The molecule has 4 rings (SSSR count). The third-order valence-corrected chi connectivity index (χ3v) is 4.90. The van der Waals surface area contributed by atoms with Gasteiger partial charge in [0.15, 0.2) is 0 Å². The Bertz CT molecular complexity index is 892. The van der Waals surface area contributed by atoms with Crippen LogP contribution in [0.4, 0.5) is 17.1 Å². The van der Waals surface area contributed by atoms with Gasteiger partial charge in [-0.25, -0.2) is 0 Å². The van der Waals surface area contributed by atoms with Crippen LogP contribution >= 0.6 is 11.8 Å². The van der Waals surface area contributed by atoms with E-state index in [1.807, 2.05) is 59.8 Å². The van der Waals surface area contributed by atoms with Gasteiger partial charge in [0.05, 0.1) is 22.8 Å². The minimum absolute atomic E-state index is 0.603. The minimum atomic E-state index is 0.603. The number of nitriles is 1. The second-order valence-corrected chi connectivity index (χ2v) is 6.22. The first kappa shape index (κ1) is 13.8. The smallest absolute Gasteiger partial charge is 0.131 e. The van der Waals surface area contributed by atoms with E-state index in [2.05, 4.69) is 22.8 Å². The first-order valence-electron chi connectivity index (χ1n) is 7.25. The zero-order chi connectivity index (χ0) is 15.8. The van der Waals surface area contributed by atoms with E-state index in [0.717, 1.165) is 33.5 Å². The van der Waals surface area contributed by atoms with Crippen LogP contribution in [-0.2, 0) is 0 Å². The second-order valence-electron chi connectivity index (χ2n) is 5.31. The van der Waals surface area contributed by atoms with E-state index in [1.165, 1.54) is 0 Å². The fraction of sp³-hybridized carbons (Fsp3) is 0.0556. The van der Waals surface area contributed by atoms with Gasteiger partial charge in [-0.2, -0.15) is 5.26 Å². The van der Waals surface area contributed by atoms with Crippen LogP contribution in [0.15, 0.2) is 75.9 Å². The zero-order valence-corrected chi connectivity index (χ0v) is 13.3. The predicted molar refractivity (Wildman–Crippen MR) is 95.1 cm³/mol. The van der Waals surface area contributed by atoms with Crippen LogP contribution in [0.2, 0.25) is 0 Å². The molecule has 0 saturated carbocycles. The highest BCUT2D eigenvalue weighted by molar-refractivity contribution is 8.02. The minimum Gasteiger partial charge on any atom is -0.353 e. The summed E-state index contributed by atoms with van der Waals surface area (Å²) in [7, 11) is 1.97. The number of hydrogen-bond acceptors (Lipinski definition) is 5. The molecule has 2 aromatic rings. The number of rotatable bonds is 1. The normalized spacial score (nSPS) is 17.2. The Hall–Kier alpha value is -2.84. The maximum absolute atomic E-state index is 9.72. The quantitative estimate of drug-likeness (QED) is 0.766. The molecule has 2 heterocycles. The third kappa shape index (κ3) is 2.24. The van der Waals surface area contributed by atoms with Gasteiger partial charge in [0.25, 0.3) is 0 Å². The number of thioether (sulfide) groups is 1. The van der Waals surface area contributed by atoms with Crippen LogP contribution in [0.5, 0.6) is 0 Å². The molecular formula is C18H14N4S. The van der Waals surface area contributed by atoms with Crippen molar-refractivity contribution >= 4 is 28.8 Å². The fourth-order valence-electron chi connectivity index (χ4n) is 2.77. The number of benzene rings is 2. The number of nitrogens with zero attached hydrogens (tertiary/aromatic N) is 2. The number of fused-ring (bicyclic) bond motifs is 2. The molecule has 2 aliphatic heterocycles. The Morgan fingerprint density at radius 2 is 1.78 bits per heavy atom. The van der Waals surface area contributed by atoms with Gasteiger partial charge < -0.3 is 15.5 Å². The van der Waals surface area contributed by atoms with Crippen LogP contribution in [0.3, 0.4) is 0 Å². The van der Waals surface area contributed by atoms with Gasteiger partial charge in [-0.1, -0.05) is 36.0 Å². The molecule has 0 aliphatic carbocycles. The van der Waals surface area contributed by atoms with Crippen LogP contribution in [0.1, 0.15) is 0 Å². The van der Waals surface area contributed by atoms with Crippen LogP contribution in [0, 0.1) is 11.3 Å². The molecule has 0 saturated heterocycles. The maximum Gasteiger partial charge on any atom is 0.131 e. The largest absolute Gasteiger partial charge is 0.353 e. The van der Waals surface area contributed by atoms with Crippen molar-refractivity contribution in [1.82, 2.24) is 0 Å². The number of allylic oxidation sites excluding steroid dienone is 1. The highest BCUT2D eigenvalue weighted by atomic mass is 32.2. The lowest BCUT2D eigenvalue weighted by molar-refractivity contribution is 1.13. The molecule has 2 aliphatic rings. The molecule has 5 heteroatoms. The summed E-state index contributed by atoms with van der Waals surface area (Å²) in [4.78, 5) is 3.18. The average Bonchev–Trinajstić information content (AvgIpc) is 2.93. The SMILES string of the molecule is CN1/C(=C(/C#N)C2=CSc3ccccc3N2)Nc2ccccc21. The molecule has 4 nitrogen and oxygen atoms in total. The molecule has 2 aromatic carbocycles. The lowest BCUT2D eigenvalue weighted by Gasteiger charge is -2.21. The molecule has 0 spiro atoms. The van der Waals surface area contributed by atoms with Crippen LogP contribution in [0.25, 0.3) is 0 Å². The maximum atomic E-state index is 9.72. The topological polar surface area (TPSA) is 51.1 Å². The van der Waals surface area contributed by atoms with Crippen molar-refractivity contribution in [2.75, 3.05) is 22.6 Å². The summed E-state index contributed by atoms with van der Waals surface area (Å²) < 4.78 is 0. The second kappa shape index (κ2) is 5.41. The van der Waals surface area contributed by atoms with Gasteiger partial charge in [-0.05, 0) is 24.3 Å². The first-order chi connectivity index (χ1) is 11.3. The Labute approximate surface area is 139 Å². The molecular weight excluding hydrogens is 304 g/mol. The molecule has 23 heavy (non-hydrogen) atoms. The van der Waals surface area contributed by atoms with Crippen molar-refractivity contribution in [2.45, 2.75) is 4.90 Å². The van der Waals surface area contributed by atoms with Crippen molar-refractivity contribution < 1.29 is 0 Å². The number of anilines is 3. The molecule has 112 valence electrons. The van der Waals surface area contributed by atoms with Crippen molar-refractivity contribution in [3.63, 3.8) is 0 Å². The molecule has 0 unspecified atom stereocenters. The Kier molecular flexibility index (Phi) is 3.25. The molecule has 0 fully saturated rings. The Morgan fingerprint density at radius 1 is 1.04 bits per heavy atom. The summed E-state index contributed by atoms with van der Waals surface area (Å²) in [6.07, 6.45) is 0. The predicted octanol–water partition coefficient (Wildman–Crippen LogP) is 4.34. The molecule has 2 N–H and O–H groups in total. The summed E-state index contributed by atoms with van der Waals surface area (Å²) in [6.45, 7) is 0. The monoisotopic (exact) mass is 318 g/mol. The summed E-state index contributed by atoms with van der Waals surface area (Å²) in [5.74, 6) is 0.799. The molecule has 0 aromatic heterocycles. The molecule has 0 atom stereocenters. The van der Waals surface area contributed by atoms with Crippen molar-refractivity contribution in [1.29, 1.82) is 5.26 Å². The van der Waals surface area contributed by atoms with E-state index in [-0.39, 0.29) is 0 Å². The van der Waals surface area contributed by atoms with E-state index in [9.17, 15) is 5.26 Å². The van der Waals surface area contributed by atoms with Gasteiger partial charge in [0.2, 0.25) is 0 Å². The van der Waals surface area contributed by atoms with Gasteiger partial charge in [-0.15, -0.1) is 0 Å². The third-order valence-electron chi connectivity index (χ3n) is 3.93. The van der Waals surface area contributed by atoms with Gasteiger partial charge in [-0.3, -0.25) is 0 Å². The fourth-order valence-corrected chi connectivity index (χ4v) is 3.59. The number of hydrogen-bond donors (Lipinski definition) is 2. The standard InChI is InChI=1S/C18H14N4S/c1-22-16-8-4-2-6-13(16)21-18(22)12(10-19)15-11-23-17-9-5-3-7-14(17)20-15/h2-9,11,20-21H,1H3/b18-12-. The molecule has 0 radical (unpaired) electrons. The first-order valence-corrected chi connectivity index (χ1v) is 8.13. The van der Waals surface area contributed by atoms with Crippen molar-refractivity contribution in [2.24, 2.45) is 0 Å². The number of nitrogens with one attached hydrogen (secondary N) is 2. The van der Waals surface area contributed by atoms with Crippen molar-refractivity contribution in [3.05, 3.63) is 71.0 Å². The lowest BCUT2D eigenvalue weighted by Crippen LogP contribution is -2.19. The van der Waals surface area contributed by atoms with Gasteiger partial charge in [0.1, 0.15) is 17.5 Å². The summed E-state index contributed by atoms with van der Waals surface area (Å²) >= 11 is 1.63. The van der Waals surface area contributed by atoms with E-state index >= 15 is 0 Å². The molecule has 0 bridgehead atoms. The summed E-state index contributed by atoms with van der Waals surface area (Å²) in [5.41, 5.74) is 4.53. The Morgan fingerprint density at radius 3 is 2.57 bits per heavy atom. The summed E-state index contributed by atoms with van der Waals surface area (Å²) in [6, 6.07) is 18.5. The highest BCUT2D eigenvalue weighted by Crippen LogP contribution is 2.40. The van der Waals surface area contributed by atoms with Crippen LogP contribution in [-0.4, -0.2) is 7.05 Å². The summed E-state index contributed by atoms with van der Waals surface area (Å²) in [5, 5.41) is 18.4. The lowest BCUT2D eigenvalue weighted by atomic mass is 10.2. The van der Waals surface area contributed by atoms with Crippen LogP contribution < -0.4 is 15.5 Å². The molecule has 0 amide bonds. The van der Waals surface area contributed by atoms with E-state index in [1.54, 1.807) is 11.8 Å².